The zero-order valence-electron chi connectivity index (χ0n) is 9.83. The Labute approximate surface area is 129 Å². The molecule has 1 rings (SSSR count). The summed E-state index contributed by atoms with van der Waals surface area (Å²) >= 11 is 11.8. The predicted octanol–water partition coefficient (Wildman–Crippen LogP) is 2.76. The highest BCUT2D eigenvalue weighted by Gasteiger charge is 2.07. The highest BCUT2D eigenvalue weighted by molar-refractivity contribution is 14.0. The topological polar surface area (TPSA) is 55.3 Å². The minimum atomic E-state index is 0. The molecule has 0 atom stereocenters. The molecule has 0 fully saturated rings. The molecule has 0 aromatic carbocycles. The summed E-state index contributed by atoms with van der Waals surface area (Å²) < 4.78 is 1.79. The number of nitrogens with zero attached hydrogens (tertiary/aromatic N) is 2. The summed E-state index contributed by atoms with van der Waals surface area (Å²) in [4.78, 5) is 4.19. The Morgan fingerprint density at radius 3 is 2.65 bits per heavy atom. The third kappa shape index (κ3) is 4.93. The van der Waals surface area contributed by atoms with E-state index in [4.69, 9.17) is 28.9 Å². The van der Waals surface area contributed by atoms with Crippen LogP contribution in [0.25, 0.3) is 0 Å². The van der Waals surface area contributed by atoms with Crippen LogP contribution in [0.3, 0.4) is 0 Å². The maximum atomic E-state index is 5.93. The fraction of sp³-hybridized carbons (Fsp3) is 0.500. The van der Waals surface area contributed by atoms with Crippen molar-refractivity contribution in [3.05, 3.63) is 21.9 Å². The average Bonchev–Trinajstić information content (AvgIpc) is 2.51. The number of guanidine groups is 1. The lowest BCUT2D eigenvalue weighted by Gasteiger charge is -2.04. The molecule has 0 bridgehead atoms. The zero-order chi connectivity index (χ0) is 12.1. The number of nitrogens with one attached hydrogen (secondary N) is 1. The predicted molar refractivity (Wildman–Crippen MR) is 84.5 cm³/mol. The molecule has 3 N–H and O–H groups in total. The molecule has 98 valence electrons. The van der Waals surface area contributed by atoms with E-state index in [1.807, 2.05) is 7.05 Å². The Morgan fingerprint density at radius 1 is 1.53 bits per heavy atom. The second-order valence-electron chi connectivity index (χ2n) is 3.46. The Morgan fingerprint density at radius 2 is 2.18 bits per heavy atom. The molecule has 0 amide bonds. The van der Waals surface area contributed by atoms with Crippen molar-refractivity contribution in [2.75, 3.05) is 6.54 Å². The largest absolute Gasteiger partial charge is 0.370 e. The van der Waals surface area contributed by atoms with Gasteiger partial charge >= 0.3 is 0 Å². The van der Waals surface area contributed by atoms with Crippen LogP contribution in [0.1, 0.15) is 19.0 Å². The molecule has 0 saturated heterocycles. The van der Waals surface area contributed by atoms with E-state index in [2.05, 4.69) is 17.2 Å². The van der Waals surface area contributed by atoms with Gasteiger partial charge in [-0.15, -0.1) is 24.0 Å². The smallest absolute Gasteiger partial charge is 0.188 e. The molecule has 1 aromatic heterocycles. The third-order valence-electron chi connectivity index (χ3n) is 2.18. The maximum Gasteiger partial charge on any atom is 0.188 e. The minimum Gasteiger partial charge on any atom is -0.370 e. The van der Waals surface area contributed by atoms with E-state index in [1.54, 1.807) is 10.6 Å². The van der Waals surface area contributed by atoms with Gasteiger partial charge in [-0.25, -0.2) is 4.99 Å². The molecule has 0 aliphatic carbocycles. The lowest BCUT2D eigenvalue weighted by Crippen LogP contribution is -2.32. The van der Waals surface area contributed by atoms with Crippen molar-refractivity contribution in [1.29, 1.82) is 0 Å². The van der Waals surface area contributed by atoms with E-state index in [0.717, 1.165) is 18.7 Å². The van der Waals surface area contributed by atoms with Gasteiger partial charge in [0.05, 0.1) is 11.6 Å². The molecule has 0 spiro atoms. The maximum absolute atomic E-state index is 5.93. The van der Waals surface area contributed by atoms with Crippen LogP contribution >= 0.6 is 47.2 Å². The summed E-state index contributed by atoms with van der Waals surface area (Å²) in [6.45, 7) is 3.35. The Kier molecular flexibility index (Phi) is 7.98. The Bertz CT molecular complexity index is 390. The molecule has 0 aliphatic heterocycles. The van der Waals surface area contributed by atoms with Gasteiger partial charge in [0.2, 0.25) is 0 Å². The first-order valence-electron chi connectivity index (χ1n) is 5.09. The molecular formula is C10H17Cl2IN4. The van der Waals surface area contributed by atoms with Gasteiger partial charge < -0.3 is 15.6 Å². The lowest BCUT2D eigenvalue weighted by molar-refractivity contribution is 0.800. The van der Waals surface area contributed by atoms with Gasteiger partial charge in [0.25, 0.3) is 0 Å². The first-order chi connectivity index (χ1) is 7.56. The zero-order valence-corrected chi connectivity index (χ0v) is 13.7. The number of rotatable bonds is 4. The highest BCUT2D eigenvalue weighted by atomic mass is 127. The molecular weight excluding hydrogens is 374 g/mol. The summed E-state index contributed by atoms with van der Waals surface area (Å²) in [6.07, 6.45) is 1.01. The first kappa shape index (κ1) is 16.9. The fourth-order valence-electron chi connectivity index (χ4n) is 1.22. The average molecular weight is 391 g/mol. The van der Waals surface area contributed by atoms with E-state index in [0.29, 0.717) is 22.7 Å². The van der Waals surface area contributed by atoms with Crippen molar-refractivity contribution in [1.82, 2.24) is 9.88 Å². The van der Waals surface area contributed by atoms with Crippen molar-refractivity contribution in [2.24, 2.45) is 17.8 Å². The molecule has 1 aromatic rings. The van der Waals surface area contributed by atoms with E-state index in [-0.39, 0.29) is 24.0 Å². The van der Waals surface area contributed by atoms with Crippen molar-refractivity contribution in [3.63, 3.8) is 0 Å². The quantitative estimate of drug-likeness (QED) is 0.471. The Balaban J connectivity index is 0.00000256. The van der Waals surface area contributed by atoms with E-state index >= 15 is 0 Å². The summed E-state index contributed by atoms with van der Waals surface area (Å²) in [7, 11) is 1.84. The van der Waals surface area contributed by atoms with Crippen LogP contribution in [0.4, 0.5) is 0 Å². The Hall–Kier alpha value is -0.140. The molecule has 0 unspecified atom stereocenters. The van der Waals surface area contributed by atoms with Crippen molar-refractivity contribution in [3.8, 4) is 0 Å². The van der Waals surface area contributed by atoms with Crippen LogP contribution in [-0.4, -0.2) is 17.1 Å². The van der Waals surface area contributed by atoms with Gasteiger partial charge in [0.1, 0.15) is 5.15 Å². The van der Waals surface area contributed by atoms with Crippen LogP contribution in [0, 0.1) is 0 Å². The molecule has 7 heteroatoms. The van der Waals surface area contributed by atoms with Crippen LogP contribution in [0.5, 0.6) is 0 Å². The van der Waals surface area contributed by atoms with E-state index in [9.17, 15) is 0 Å². The summed E-state index contributed by atoms with van der Waals surface area (Å²) in [5.74, 6) is 0.440. The van der Waals surface area contributed by atoms with Gasteiger partial charge in [-0.1, -0.05) is 30.1 Å². The van der Waals surface area contributed by atoms with Crippen LogP contribution in [0.2, 0.25) is 10.2 Å². The lowest BCUT2D eigenvalue weighted by atomic mass is 10.4. The summed E-state index contributed by atoms with van der Waals surface area (Å²) in [6, 6.07) is 1.79. The second-order valence-corrected chi connectivity index (χ2v) is 4.23. The standard InChI is InChI=1S/C10H16Cl2N4.HI/c1-3-4-14-10(13)15-6-7-5-8(11)9(12)16(7)2;/h5H,3-4,6H2,1-2H3,(H3,13,14,15);1H. The number of halogens is 3. The molecule has 0 saturated carbocycles. The van der Waals surface area contributed by atoms with Gasteiger partial charge in [0.15, 0.2) is 5.96 Å². The molecule has 4 nitrogen and oxygen atoms in total. The van der Waals surface area contributed by atoms with Crippen molar-refractivity contribution >= 4 is 53.1 Å². The van der Waals surface area contributed by atoms with E-state index < -0.39 is 0 Å². The van der Waals surface area contributed by atoms with E-state index in [1.165, 1.54) is 0 Å². The van der Waals surface area contributed by atoms with Gasteiger partial charge in [-0.3, -0.25) is 0 Å². The summed E-state index contributed by atoms with van der Waals surface area (Å²) in [5, 5.41) is 4.05. The minimum absolute atomic E-state index is 0. The first-order valence-corrected chi connectivity index (χ1v) is 5.85. The molecule has 17 heavy (non-hydrogen) atoms. The second kappa shape index (κ2) is 8.05. The normalized spacial score (nSPS) is 11.2. The highest BCUT2D eigenvalue weighted by Crippen LogP contribution is 2.25. The van der Waals surface area contributed by atoms with Crippen LogP contribution in [-0.2, 0) is 13.6 Å². The van der Waals surface area contributed by atoms with Crippen LogP contribution in [0.15, 0.2) is 11.1 Å². The van der Waals surface area contributed by atoms with Gasteiger partial charge in [0, 0.05) is 19.3 Å². The third-order valence-corrected chi connectivity index (χ3v) is 3.03. The molecule has 0 radical (unpaired) electrons. The van der Waals surface area contributed by atoms with Crippen LogP contribution < -0.4 is 11.1 Å². The number of aromatic nitrogens is 1. The number of aliphatic imine (C=N–C) groups is 1. The molecule has 1 heterocycles. The molecule has 0 aliphatic rings. The number of hydrogen-bond donors (Lipinski definition) is 2. The number of hydrogen-bond acceptors (Lipinski definition) is 1. The fourth-order valence-corrected chi connectivity index (χ4v) is 1.63. The van der Waals surface area contributed by atoms with Gasteiger partial charge in [-0.05, 0) is 12.5 Å². The van der Waals surface area contributed by atoms with Crippen molar-refractivity contribution < 1.29 is 0 Å². The summed E-state index contributed by atoms with van der Waals surface area (Å²) in [5.41, 5.74) is 6.59. The van der Waals surface area contributed by atoms with Gasteiger partial charge in [-0.2, -0.15) is 0 Å². The SMILES string of the molecule is CCCNC(N)=NCc1cc(Cl)c(Cl)n1C.I. The number of nitrogens with two attached hydrogens (primary N) is 1. The van der Waals surface area contributed by atoms with Crippen molar-refractivity contribution in [2.45, 2.75) is 19.9 Å². The monoisotopic (exact) mass is 390 g/mol.